The first kappa shape index (κ1) is 18.5. The molecule has 8 nitrogen and oxygen atoms in total. The number of carbonyl (C=O) groups is 2. The predicted molar refractivity (Wildman–Crippen MR) is 97.6 cm³/mol. The van der Waals surface area contributed by atoms with Crippen LogP contribution in [0.15, 0.2) is 22.3 Å². The molecule has 0 unspecified atom stereocenters. The third kappa shape index (κ3) is 2.37. The quantitative estimate of drug-likeness (QED) is 0.768. The Kier molecular flexibility index (Phi) is 4.19. The van der Waals surface area contributed by atoms with Crippen molar-refractivity contribution in [3.05, 3.63) is 34.4 Å². The van der Waals surface area contributed by atoms with Crippen molar-refractivity contribution < 1.29 is 28.2 Å². The van der Waals surface area contributed by atoms with Gasteiger partial charge in [-0.3, -0.25) is 9.59 Å². The lowest BCUT2D eigenvalue weighted by atomic mass is 9.75. The van der Waals surface area contributed by atoms with E-state index in [1.165, 1.54) is 20.3 Å². The molecule has 2 heterocycles. The van der Waals surface area contributed by atoms with Crippen LogP contribution in [0.1, 0.15) is 29.6 Å². The highest BCUT2D eigenvalue weighted by Crippen LogP contribution is 2.54. The molecule has 1 aromatic heterocycles. The van der Waals surface area contributed by atoms with Gasteiger partial charge in [-0.05, 0) is 6.07 Å². The molecule has 2 atom stereocenters. The van der Waals surface area contributed by atoms with Crippen LogP contribution in [0.25, 0.3) is 11.5 Å². The second kappa shape index (κ2) is 6.34. The Morgan fingerprint density at radius 2 is 2.00 bits per heavy atom. The van der Waals surface area contributed by atoms with Crippen LogP contribution >= 0.6 is 11.6 Å². The average Bonchev–Trinajstić information content (AvgIpc) is 3.22. The van der Waals surface area contributed by atoms with E-state index >= 15 is 0 Å². The number of halogens is 1. The maximum Gasteiger partial charge on any atom is 0.249 e. The summed E-state index contributed by atoms with van der Waals surface area (Å²) < 4.78 is 22.4. The minimum Gasteiger partial charge on any atom is -0.496 e. The molecule has 2 aromatic rings. The SMILES string of the molecule is COC1=CC(=O)C[C@@H](C)[C@]12Oc1c(Cl)c(-c3nnc(C)o3)cc(OC)c1C2=O. The molecule has 0 saturated carbocycles. The minimum absolute atomic E-state index is 0.137. The molecular weight excluding hydrogens is 388 g/mol. The fourth-order valence-electron chi connectivity index (χ4n) is 3.73. The first-order valence-corrected chi connectivity index (χ1v) is 8.95. The summed E-state index contributed by atoms with van der Waals surface area (Å²) in [7, 11) is 2.83. The van der Waals surface area contributed by atoms with Crippen LogP contribution in [-0.2, 0) is 9.53 Å². The predicted octanol–water partition coefficient (Wildman–Crippen LogP) is 3.16. The van der Waals surface area contributed by atoms with Gasteiger partial charge in [-0.25, -0.2) is 0 Å². The molecule has 0 saturated heterocycles. The van der Waals surface area contributed by atoms with E-state index in [0.29, 0.717) is 11.5 Å². The van der Waals surface area contributed by atoms with Crippen LogP contribution < -0.4 is 9.47 Å². The van der Waals surface area contributed by atoms with Gasteiger partial charge < -0.3 is 18.6 Å². The monoisotopic (exact) mass is 404 g/mol. The van der Waals surface area contributed by atoms with E-state index in [1.54, 1.807) is 19.9 Å². The Labute approximate surface area is 165 Å². The number of benzene rings is 1. The number of hydrogen-bond donors (Lipinski definition) is 0. The molecule has 28 heavy (non-hydrogen) atoms. The number of Topliss-reactive ketones (excluding diaryl/α,β-unsaturated/α-hetero) is 1. The van der Waals surface area contributed by atoms with Gasteiger partial charge in [0.2, 0.25) is 23.2 Å². The number of rotatable bonds is 3. The molecular formula is C19H17ClN2O6. The molecule has 0 radical (unpaired) electrons. The first-order valence-electron chi connectivity index (χ1n) is 8.57. The molecule has 0 fully saturated rings. The summed E-state index contributed by atoms with van der Waals surface area (Å²) in [5, 5.41) is 7.93. The van der Waals surface area contributed by atoms with E-state index in [9.17, 15) is 9.59 Å². The van der Waals surface area contributed by atoms with Gasteiger partial charge in [0, 0.05) is 25.3 Å². The minimum atomic E-state index is -1.48. The van der Waals surface area contributed by atoms with Crippen molar-refractivity contribution in [2.45, 2.75) is 25.9 Å². The molecule has 1 spiro atoms. The van der Waals surface area contributed by atoms with Crippen LogP contribution in [0.4, 0.5) is 0 Å². The maximum atomic E-state index is 13.5. The summed E-state index contributed by atoms with van der Waals surface area (Å²) in [5.74, 6) is 0.108. The molecule has 146 valence electrons. The van der Waals surface area contributed by atoms with Crippen molar-refractivity contribution in [2.75, 3.05) is 14.2 Å². The normalized spacial score (nSPS) is 23.5. The standard InChI is InChI=1S/C19H17ClN2O6/c1-8-5-10(23)6-13(26-4)19(8)17(24)14-12(25-3)7-11(15(20)16(14)28-19)18-22-21-9(2)27-18/h6-8H,5H2,1-4H3/t8-,19+/m1/s1. The van der Waals surface area contributed by atoms with Crippen molar-refractivity contribution in [3.8, 4) is 23.0 Å². The number of ketones is 2. The molecule has 0 bridgehead atoms. The molecule has 1 aromatic carbocycles. The Morgan fingerprint density at radius 1 is 1.25 bits per heavy atom. The largest absolute Gasteiger partial charge is 0.496 e. The fourth-order valence-corrected chi connectivity index (χ4v) is 4.00. The number of allylic oxidation sites excluding steroid dienone is 1. The average molecular weight is 405 g/mol. The Morgan fingerprint density at radius 3 is 2.61 bits per heavy atom. The zero-order valence-corrected chi connectivity index (χ0v) is 16.4. The molecule has 4 rings (SSSR count). The van der Waals surface area contributed by atoms with Gasteiger partial charge in [0.05, 0.1) is 24.8 Å². The van der Waals surface area contributed by atoms with Crippen molar-refractivity contribution in [1.29, 1.82) is 0 Å². The van der Waals surface area contributed by atoms with Crippen LogP contribution in [0.2, 0.25) is 5.02 Å². The molecule has 1 aliphatic carbocycles. The Balaban J connectivity index is 1.95. The summed E-state index contributed by atoms with van der Waals surface area (Å²) in [6, 6.07) is 1.56. The lowest BCUT2D eigenvalue weighted by Gasteiger charge is -2.36. The van der Waals surface area contributed by atoms with Gasteiger partial charge in [0.15, 0.2) is 17.3 Å². The van der Waals surface area contributed by atoms with Crippen LogP contribution in [0.3, 0.4) is 0 Å². The van der Waals surface area contributed by atoms with E-state index in [0.717, 1.165) is 0 Å². The summed E-state index contributed by atoms with van der Waals surface area (Å²) in [4.78, 5) is 25.5. The van der Waals surface area contributed by atoms with Crippen molar-refractivity contribution in [1.82, 2.24) is 10.2 Å². The number of methoxy groups -OCH3 is 2. The van der Waals surface area contributed by atoms with Crippen molar-refractivity contribution in [3.63, 3.8) is 0 Å². The van der Waals surface area contributed by atoms with Gasteiger partial charge in [0.25, 0.3) is 0 Å². The first-order chi connectivity index (χ1) is 13.3. The Hall–Kier alpha value is -2.87. The zero-order valence-electron chi connectivity index (χ0n) is 15.7. The number of carbonyl (C=O) groups excluding carboxylic acids is 2. The third-order valence-electron chi connectivity index (χ3n) is 5.07. The molecule has 0 N–H and O–H groups in total. The summed E-state index contributed by atoms with van der Waals surface area (Å²) >= 11 is 6.57. The highest BCUT2D eigenvalue weighted by molar-refractivity contribution is 6.36. The second-order valence-corrected chi connectivity index (χ2v) is 7.10. The maximum absolute atomic E-state index is 13.5. The van der Waals surface area contributed by atoms with E-state index in [4.69, 9.17) is 30.2 Å². The van der Waals surface area contributed by atoms with Gasteiger partial charge in [-0.2, -0.15) is 0 Å². The highest BCUT2D eigenvalue weighted by atomic mass is 35.5. The van der Waals surface area contributed by atoms with Gasteiger partial charge in [0.1, 0.15) is 11.3 Å². The number of aryl methyl sites for hydroxylation is 1. The number of hydrogen-bond acceptors (Lipinski definition) is 8. The van der Waals surface area contributed by atoms with E-state index in [2.05, 4.69) is 10.2 Å². The summed E-state index contributed by atoms with van der Waals surface area (Å²) in [6.07, 6.45) is 1.44. The second-order valence-electron chi connectivity index (χ2n) is 6.72. The lowest BCUT2D eigenvalue weighted by Crippen LogP contribution is -2.51. The van der Waals surface area contributed by atoms with E-state index < -0.39 is 11.5 Å². The molecule has 2 aliphatic rings. The van der Waals surface area contributed by atoms with Gasteiger partial charge in [-0.1, -0.05) is 18.5 Å². The van der Waals surface area contributed by atoms with Gasteiger partial charge in [-0.15, -0.1) is 10.2 Å². The van der Waals surface area contributed by atoms with Gasteiger partial charge >= 0.3 is 0 Å². The number of fused-ring (bicyclic) bond motifs is 1. The summed E-state index contributed by atoms with van der Waals surface area (Å²) in [5.41, 5.74) is -0.910. The summed E-state index contributed by atoms with van der Waals surface area (Å²) in [6.45, 7) is 3.41. The van der Waals surface area contributed by atoms with Crippen LogP contribution in [-0.4, -0.2) is 41.6 Å². The molecule has 0 amide bonds. The number of nitrogens with zero attached hydrogens (tertiary/aromatic N) is 2. The van der Waals surface area contributed by atoms with E-state index in [-0.39, 0.29) is 51.7 Å². The number of aromatic nitrogens is 2. The number of ether oxygens (including phenoxy) is 3. The fraction of sp³-hybridized carbons (Fsp3) is 0.368. The van der Waals surface area contributed by atoms with Crippen LogP contribution in [0.5, 0.6) is 11.5 Å². The van der Waals surface area contributed by atoms with Crippen molar-refractivity contribution >= 4 is 23.2 Å². The highest BCUT2D eigenvalue weighted by Gasteiger charge is 2.59. The molecule has 1 aliphatic heterocycles. The van der Waals surface area contributed by atoms with E-state index in [1.807, 2.05) is 0 Å². The molecule has 9 heteroatoms. The topological polar surface area (TPSA) is 101 Å². The van der Waals surface area contributed by atoms with Crippen LogP contribution in [0, 0.1) is 12.8 Å². The third-order valence-corrected chi connectivity index (χ3v) is 5.44. The lowest BCUT2D eigenvalue weighted by molar-refractivity contribution is -0.118. The van der Waals surface area contributed by atoms with Crippen molar-refractivity contribution in [2.24, 2.45) is 5.92 Å². The zero-order chi connectivity index (χ0) is 20.2. The Bertz CT molecular complexity index is 1040. The smallest absolute Gasteiger partial charge is 0.249 e.